The number of nitrogens with zero attached hydrogens (tertiary/aromatic N) is 6. The lowest BCUT2D eigenvalue weighted by Gasteiger charge is -2.12. The van der Waals surface area contributed by atoms with Crippen molar-refractivity contribution in [1.82, 2.24) is 29.6 Å². The summed E-state index contributed by atoms with van der Waals surface area (Å²) in [5.74, 6) is 0.518. The third kappa shape index (κ3) is 3.11. The Bertz CT molecular complexity index is 882. The fourth-order valence-electron chi connectivity index (χ4n) is 2.29. The lowest BCUT2D eigenvalue weighted by atomic mass is 10.2. The summed E-state index contributed by atoms with van der Waals surface area (Å²) in [4.78, 5) is 37.5. The molecular formula is C16H17N7O2. The molecule has 0 atom stereocenters. The number of carbonyl (C=O) groups excluding carboxylic acids is 2. The van der Waals surface area contributed by atoms with Crippen molar-refractivity contribution in [1.29, 1.82) is 0 Å². The minimum atomic E-state index is -0.262. The number of H-pyrrole nitrogens is 1. The molecule has 1 N–H and O–H groups in total. The van der Waals surface area contributed by atoms with Crippen molar-refractivity contribution in [2.45, 2.75) is 0 Å². The van der Waals surface area contributed by atoms with E-state index in [2.05, 4.69) is 20.1 Å². The Morgan fingerprint density at radius 2 is 1.92 bits per heavy atom. The lowest BCUT2D eigenvalue weighted by molar-refractivity contribution is -0.107. The predicted octanol–water partition coefficient (Wildman–Crippen LogP) is 0.952. The zero-order chi connectivity index (χ0) is 18.0. The van der Waals surface area contributed by atoms with Gasteiger partial charge < -0.3 is 14.8 Å². The highest BCUT2D eigenvalue weighted by atomic mass is 16.2. The molecule has 1 aromatic carbocycles. The third-order valence-electron chi connectivity index (χ3n) is 3.62. The second-order valence-electron chi connectivity index (χ2n) is 5.59. The van der Waals surface area contributed by atoms with Crippen molar-refractivity contribution < 1.29 is 9.59 Å². The maximum Gasteiger partial charge on any atom is 0.273 e. The van der Waals surface area contributed by atoms with Crippen LogP contribution in [0.4, 0.5) is 5.82 Å². The highest BCUT2D eigenvalue weighted by molar-refractivity contribution is 5.99. The zero-order valence-corrected chi connectivity index (χ0v) is 14.0. The average molecular weight is 339 g/mol. The van der Waals surface area contributed by atoms with E-state index in [1.807, 2.05) is 24.3 Å². The molecule has 0 aliphatic carbocycles. The van der Waals surface area contributed by atoms with Gasteiger partial charge in [0, 0.05) is 26.7 Å². The van der Waals surface area contributed by atoms with Crippen LogP contribution in [-0.2, 0) is 4.79 Å². The molecule has 0 bridgehead atoms. The summed E-state index contributed by atoms with van der Waals surface area (Å²) < 4.78 is 1.64. The molecule has 0 saturated heterocycles. The molecule has 2 amide bonds. The molecule has 0 unspecified atom stereocenters. The second-order valence-corrected chi connectivity index (χ2v) is 5.59. The van der Waals surface area contributed by atoms with Crippen LogP contribution in [0.25, 0.3) is 17.1 Å². The summed E-state index contributed by atoms with van der Waals surface area (Å²) in [7, 11) is 4.83. The van der Waals surface area contributed by atoms with Gasteiger partial charge in [-0.05, 0) is 24.3 Å². The topological polar surface area (TPSA) is 100 Å². The number of amides is 2. The molecule has 128 valence electrons. The molecule has 0 fully saturated rings. The van der Waals surface area contributed by atoms with Gasteiger partial charge in [-0.1, -0.05) is 0 Å². The van der Waals surface area contributed by atoms with E-state index >= 15 is 0 Å². The first-order valence-corrected chi connectivity index (χ1v) is 7.46. The summed E-state index contributed by atoms with van der Waals surface area (Å²) in [6, 6.07) is 7.43. The molecule has 0 spiro atoms. The molecule has 25 heavy (non-hydrogen) atoms. The van der Waals surface area contributed by atoms with Gasteiger partial charge in [-0.2, -0.15) is 5.10 Å². The predicted molar refractivity (Wildman–Crippen MR) is 91.4 cm³/mol. The summed E-state index contributed by atoms with van der Waals surface area (Å²) in [5, 5.41) is 4.07. The average Bonchev–Trinajstić information content (AvgIpc) is 3.30. The standard InChI is InChI=1S/C16H17N7O2/c1-21(2)16(25)13-15(22(3)10-24)20-14(19-13)11-4-6-12(7-5-11)23-9-17-8-18-23/h4-10H,1-3H3,(H,19,20). The molecule has 0 aliphatic rings. The van der Waals surface area contributed by atoms with Crippen LogP contribution in [0.3, 0.4) is 0 Å². The van der Waals surface area contributed by atoms with Gasteiger partial charge in [0.05, 0.1) is 5.69 Å². The van der Waals surface area contributed by atoms with Crippen molar-refractivity contribution in [3.8, 4) is 17.1 Å². The van der Waals surface area contributed by atoms with Gasteiger partial charge in [0.1, 0.15) is 24.2 Å². The number of aromatic amines is 1. The Morgan fingerprint density at radius 3 is 2.48 bits per heavy atom. The van der Waals surface area contributed by atoms with E-state index in [1.54, 1.807) is 32.2 Å². The highest BCUT2D eigenvalue weighted by Gasteiger charge is 2.22. The number of hydrogen-bond acceptors (Lipinski definition) is 5. The minimum absolute atomic E-state index is 0.259. The number of hydrogen-bond donors (Lipinski definition) is 1. The largest absolute Gasteiger partial charge is 0.343 e. The van der Waals surface area contributed by atoms with Gasteiger partial charge in [0.2, 0.25) is 6.41 Å². The first kappa shape index (κ1) is 16.4. The Hall–Kier alpha value is -3.49. The highest BCUT2D eigenvalue weighted by Crippen LogP contribution is 2.24. The number of aromatic nitrogens is 5. The molecule has 9 nitrogen and oxygen atoms in total. The number of rotatable bonds is 5. The lowest BCUT2D eigenvalue weighted by Crippen LogP contribution is -2.25. The summed E-state index contributed by atoms with van der Waals surface area (Å²) >= 11 is 0. The van der Waals surface area contributed by atoms with E-state index in [1.165, 1.54) is 16.1 Å². The normalized spacial score (nSPS) is 10.5. The van der Waals surface area contributed by atoms with Crippen molar-refractivity contribution in [3.05, 3.63) is 42.6 Å². The van der Waals surface area contributed by atoms with Crippen LogP contribution in [0.15, 0.2) is 36.9 Å². The molecule has 2 heterocycles. The molecule has 0 saturated carbocycles. The fraction of sp³-hybridized carbons (Fsp3) is 0.188. The molecule has 9 heteroatoms. The number of anilines is 1. The van der Waals surface area contributed by atoms with Gasteiger partial charge in [0.25, 0.3) is 5.91 Å². The van der Waals surface area contributed by atoms with Crippen LogP contribution in [0.1, 0.15) is 10.5 Å². The Kier molecular flexibility index (Phi) is 4.29. The van der Waals surface area contributed by atoms with Crippen LogP contribution < -0.4 is 4.90 Å². The van der Waals surface area contributed by atoms with E-state index in [0.29, 0.717) is 12.2 Å². The summed E-state index contributed by atoms with van der Waals surface area (Å²) in [6.45, 7) is 0. The van der Waals surface area contributed by atoms with Gasteiger partial charge in [0.15, 0.2) is 5.82 Å². The second kappa shape index (κ2) is 6.56. The van der Waals surface area contributed by atoms with Gasteiger partial charge in [-0.25, -0.2) is 14.6 Å². The maximum absolute atomic E-state index is 12.3. The molecule has 3 rings (SSSR count). The van der Waals surface area contributed by atoms with E-state index in [-0.39, 0.29) is 17.4 Å². The molecule has 2 aromatic heterocycles. The third-order valence-corrected chi connectivity index (χ3v) is 3.62. The zero-order valence-electron chi connectivity index (χ0n) is 14.0. The quantitative estimate of drug-likeness (QED) is 0.698. The van der Waals surface area contributed by atoms with Gasteiger partial charge in [-0.15, -0.1) is 0 Å². The number of imidazole rings is 1. The first-order valence-electron chi connectivity index (χ1n) is 7.46. The number of carbonyl (C=O) groups is 2. The maximum atomic E-state index is 12.3. The van der Waals surface area contributed by atoms with Crippen molar-refractivity contribution in [2.75, 3.05) is 26.0 Å². The van der Waals surface area contributed by atoms with Crippen molar-refractivity contribution >= 4 is 18.1 Å². The summed E-state index contributed by atoms with van der Waals surface area (Å²) in [5.41, 5.74) is 1.89. The Morgan fingerprint density at radius 1 is 1.20 bits per heavy atom. The van der Waals surface area contributed by atoms with Gasteiger partial charge >= 0.3 is 0 Å². The first-order chi connectivity index (χ1) is 12.0. The van der Waals surface area contributed by atoms with E-state index in [9.17, 15) is 9.59 Å². The van der Waals surface area contributed by atoms with Crippen molar-refractivity contribution in [2.24, 2.45) is 0 Å². The van der Waals surface area contributed by atoms with E-state index in [0.717, 1.165) is 11.3 Å². The van der Waals surface area contributed by atoms with Crippen molar-refractivity contribution in [3.63, 3.8) is 0 Å². The van der Waals surface area contributed by atoms with Crippen LogP contribution in [0.5, 0.6) is 0 Å². The Labute approximate surface area is 143 Å². The van der Waals surface area contributed by atoms with Crippen LogP contribution in [-0.4, -0.2) is 63.1 Å². The molecule has 0 radical (unpaired) electrons. The summed E-state index contributed by atoms with van der Waals surface area (Å²) in [6.07, 6.45) is 3.67. The monoisotopic (exact) mass is 339 g/mol. The minimum Gasteiger partial charge on any atom is -0.343 e. The Balaban J connectivity index is 1.99. The molecular weight excluding hydrogens is 322 g/mol. The van der Waals surface area contributed by atoms with Crippen LogP contribution >= 0.6 is 0 Å². The van der Waals surface area contributed by atoms with E-state index in [4.69, 9.17) is 0 Å². The molecule has 0 aliphatic heterocycles. The molecule has 3 aromatic rings. The smallest absolute Gasteiger partial charge is 0.273 e. The SMILES string of the molecule is CN(C)C(=O)c1[nH]c(-c2ccc(-n3cncn3)cc2)nc1N(C)C=O. The van der Waals surface area contributed by atoms with Crippen LogP contribution in [0.2, 0.25) is 0 Å². The number of nitrogens with one attached hydrogen (secondary N) is 1. The number of benzene rings is 1. The van der Waals surface area contributed by atoms with Crippen LogP contribution in [0, 0.1) is 0 Å². The van der Waals surface area contributed by atoms with E-state index < -0.39 is 0 Å². The van der Waals surface area contributed by atoms with Gasteiger partial charge in [-0.3, -0.25) is 9.59 Å². The fourth-order valence-corrected chi connectivity index (χ4v) is 2.29.